The van der Waals surface area contributed by atoms with Crippen LogP contribution in [0.3, 0.4) is 0 Å². The van der Waals surface area contributed by atoms with Crippen LogP contribution >= 0.6 is 0 Å². The Labute approximate surface area is 420 Å². The van der Waals surface area contributed by atoms with Gasteiger partial charge in [0.05, 0.1) is 39.5 Å². The summed E-state index contributed by atoms with van der Waals surface area (Å²) in [5.74, 6) is 1.64. The fourth-order valence-electron chi connectivity index (χ4n) is 8.23. The number of allylic oxidation sites excluding steroid dienone is 1. The Morgan fingerprint density at radius 1 is 0.803 bits per heavy atom. The summed E-state index contributed by atoms with van der Waals surface area (Å²) in [7, 11) is -5.03. The number of nitrogens with zero attached hydrogens (tertiary/aromatic N) is 6. The van der Waals surface area contributed by atoms with Crippen LogP contribution in [0.1, 0.15) is 89.5 Å². The highest BCUT2D eigenvalue weighted by Gasteiger charge is 2.41. The van der Waals surface area contributed by atoms with E-state index in [1.165, 1.54) is 34.3 Å². The molecule has 18 nitrogen and oxygen atoms in total. The number of likely N-dealkylation sites (tertiary alicyclic amines) is 1. The van der Waals surface area contributed by atoms with Crippen LogP contribution in [0.5, 0.6) is 17.2 Å². The van der Waals surface area contributed by atoms with E-state index in [-0.39, 0.29) is 56.6 Å². The van der Waals surface area contributed by atoms with Gasteiger partial charge in [-0.15, -0.1) is 14.9 Å². The SMILES string of the molecule is COc1ccc(CN(Cc2ccc(OC)cc2)S(=O)(=O)c2c(S(=O)(=O)N[C@@H]3CCN(C(=O)OC(C)(C)C)C3)ccc(C3=CC(N[S+]([O-])C(C)(C)C)CCC3)c2-c2nnn(Cc3ccc(OC)cc3)n2)cc1. The molecule has 2 N–H and O–H groups in total. The van der Waals surface area contributed by atoms with Crippen molar-refractivity contribution in [3.63, 3.8) is 0 Å². The van der Waals surface area contributed by atoms with Gasteiger partial charge in [-0.05, 0) is 143 Å². The Bertz CT molecular complexity index is 2850. The lowest BCUT2D eigenvalue weighted by molar-refractivity contribution is 0.0291. The monoisotopic (exact) mass is 1030 g/mol. The zero-order valence-corrected chi connectivity index (χ0v) is 44.1. The highest BCUT2D eigenvalue weighted by atomic mass is 32.2. The Kier molecular flexibility index (Phi) is 16.5. The fourth-order valence-corrected chi connectivity index (χ4v) is 12.7. The number of benzene rings is 4. The standard InChI is InChI=1S/C50H64N8O10S3/c1-49(2,3)68-48(59)56-28-27-39(33-56)54-70(61,62)44-26-25-43(37-11-10-12-38(29-37)53-69(60)50(4,5)6)45(47-51-55-58(52-47)32-36-17-23-42(67-9)24-18-36)46(44)71(63,64)57(30-34-13-19-40(65-7)20-14-34)31-35-15-21-41(66-8)22-16-35/h13-26,29,38-39,53-54H,10-12,27-28,30-33H2,1-9H3/t38?,39-,69?/m1/s1. The van der Waals surface area contributed by atoms with E-state index in [2.05, 4.69) is 19.8 Å². The topological polar surface area (TPSA) is 219 Å². The summed E-state index contributed by atoms with van der Waals surface area (Å²) in [6.07, 6.45) is 3.34. The number of aromatic nitrogens is 4. The van der Waals surface area contributed by atoms with Crippen LogP contribution in [-0.2, 0) is 55.8 Å². The number of carbonyl (C=O) groups excluding carboxylic acids is 1. The molecule has 0 bridgehead atoms. The Hall–Kier alpha value is -5.55. The van der Waals surface area contributed by atoms with E-state index >= 15 is 16.8 Å². The normalized spacial score (nSPS) is 17.2. The Balaban J connectivity index is 1.45. The van der Waals surface area contributed by atoms with Crippen LogP contribution in [0, 0.1) is 0 Å². The maximum absolute atomic E-state index is 16.2. The van der Waals surface area contributed by atoms with E-state index in [1.807, 2.05) is 39.0 Å². The van der Waals surface area contributed by atoms with Gasteiger partial charge in [-0.1, -0.05) is 48.5 Å². The molecule has 1 fully saturated rings. The Morgan fingerprint density at radius 2 is 1.37 bits per heavy atom. The first-order chi connectivity index (χ1) is 33.6. The van der Waals surface area contributed by atoms with Gasteiger partial charge >= 0.3 is 6.09 Å². The average Bonchev–Trinajstić information content (AvgIpc) is 4.00. The molecule has 4 aromatic carbocycles. The predicted molar refractivity (Wildman–Crippen MR) is 271 cm³/mol. The molecule has 1 saturated heterocycles. The van der Waals surface area contributed by atoms with E-state index in [1.54, 1.807) is 94.6 Å². The number of tetrazole rings is 1. The summed E-state index contributed by atoms with van der Waals surface area (Å²) in [6.45, 7) is 10.8. The molecule has 2 unspecified atom stereocenters. The minimum absolute atomic E-state index is 0.0132. The van der Waals surface area contributed by atoms with Crippen molar-refractivity contribution in [3.8, 4) is 28.6 Å². The first-order valence-corrected chi connectivity index (χ1v) is 27.4. The zero-order chi connectivity index (χ0) is 51.3. The summed E-state index contributed by atoms with van der Waals surface area (Å²) >= 11 is -1.44. The second-order valence-electron chi connectivity index (χ2n) is 19.5. The third-order valence-electron chi connectivity index (χ3n) is 11.9. The van der Waals surface area contributed by atoms with Gasteiger partial charge in [0.1, 0.15) is 37.4 Å². The van der Waals surface area contributed by atoms with Crippen molar-refractivity contribution in [2.24, 2.45) is 0 Å². The van der Waals surface area contributed by atoms with Gasteiger partial charge in [-0.2, -0.15) is 9.10 Å². The molecule has 5 aromatic rings. The zero-order valence-electron chi connectivity index (χ0n) is 41.7. The van der Waals surface area contributed by atoms with Crippen molar-refractivity contribution in [2.45, 2.75) is 119 Å². The molecule has 0 saturated carbocycles. The van der Waals surface area contributed by atoms with Crippen molar-refractivity contribution in [1.29, 1.82) is 0 Å². The van der Waals surface area contributed by atoms with Crippen molar-refractivity contribution in [1.82, 2.24) is 38.9 Å². The van der Waals surface area contributed by atoms with Gasteiger partial charge in [0.15, 0.2) is 0 Å². The number of hydrogen-bond donors (Lipinski definition) is 2. The quantitative estimate of drug-likeness (QED) is 0.0839. The first kappa shape index (κ1) is 53.3. The lowest BCUT2D eigenvalue weighted by Gasteiger charge is -2.30. The summed E-state index contributed by atoms with van der Waals surface area (Å²) in [5.41, 5.74) is 2.17. The number of hydrogen-bond acceptors (Lipinski definition) is 14. The second-order valence-corrected chi connectivity index (χ2v) is 25.1. The van der Waals surface area contributed by atoms with Gasteiger partial charge in [0.2, 0.25) is 25.9 Å². The molecular formula is C50H64N8O10S3. The highest BCUT2D eigenvalue weighted by molar-refractivity contribution is 7.92. The number of methoxy groups -OCH3 is 3. The number of rotatable bonds is 18. The molecule has 7 rings (SSSR count). The first-order valence-electron chi connectivity index (χ1n) is 23.3. The van der Waals surface area contributed by atoms with Crippen LogP contribution in [0.4, 0.5) is 4.79 Å². The molecule has 3 atom stereocenters. The number of sulfonamides is 2. The van der Waals surface area contributed by atoms with Gasteiger partial charge < -0.3 is 28.4 Å². The molecule has 0 spiro atoms. The van der Waals surface area contributed by atoms with Gasteiger partial charge in [-0.3, -0.25) is 0 Å². The van der Waals surface area contributed by atoms with Gasteiger partial charge in [0, 0.05) is 43.6 Å². The molecule has 1 aliphatic carbocycles. The van der Waals surface area contributed by atoms with Crippen molar-refractivity contribution >= 4 is 43.1 Å². The van der Waals surface area contributed by atoms with Gasteiger partial charge in [0.25, 0.3) is 0 Å². The van der Waals surface area contributed by atoms with Crippen LogP contribution in [-0.4, -0.2) is 114 Å². The highest BCUT2D eigenvalue weighted by Crippen LogP contribution is 2.42. The second kappa shape index (κ2) is 22.1. The largest absolute Gasteiger partial charge is 0.598 e. The van der Waals surface area contributed by atoms with Crippen molar-refractivity contribution < 1.29 is 45.1 Å². The number of ether oxygens (including phenoxy) is 4. The molecule has 71 heavy (non-hydrogen) atoms. The average molecular weight is 1030 g/mol. The number of amides is 1. The fraction of sp³-hybridized carbons (Fsp3) is 0.440. The van der Waals surface area contributed by atoms with Crippen LogP contribution in [0.25, 0.3) is 17.0 Å². The molecule has 382 valence electrons. The maximum atomic E-state index is 16.2. The van der Waals surface area contributed by atoms with Crippen LogP contribution < -0.4 is 23.7 Å². The number of carbonyl (C=O) groups is 1. The van der Waals surface area contributed by atoms with E-state index in [4.69, 9.17) is 24.0 Å². The molecule has 21 heteroatoms. The lowest BCUT2D eigenvalue weighted by atomic mass is 9.88. The smallest absolute Gasteiger partial charge is 0.410 e. The minimum atomic E-state index is -4.93. The van der Waals surface area contributed by atoms with Crippen LogP contribution in [0.15, 0.2) is 101 Å². The minimum Gasteiger partial charge on any atom is -0.598 e. The summed E-state index contributed by atoms with van der Waals surface area (Å²) in [5, 5.41) is 13.6. The van der Waals surface area contributed by atoms with Gasteiger partial charge in [-0.25, -0.2) is 26.4 Å². The van der Waals surface area contributed by atoms with Crippen LogP contribution in [0.2, 0.25) is 0 Å². The third kappa shape index (κ3) is 13.3. The Morgan fingerprint density at radius 3 is 1.90 bits per heavy atom. The lowest BCUT2D eigenvalue weighted by Crippen LogP contribution is -2.44. The predicted octanol–water partition coefficient (Wildman–Crippen LogP) is 7.08. The maximum Gasteiger partial charge on any atom is 0.410 e. The molecule has 2 heterocycles. The molecule has 1 amide bonds. The van der Waals surface area contributed by atoms with E-state index in [0.29, 0.717) is 58.8 Å². The molecule has 1 aliphatic heterocycles. The molecular weight excluding hydrogens is 969 g/mol. The van der Waals surface area contributed by atoms with E-state index < -0.39 is 63.7 Å². The summed E-state index contributed by atoms with van der Waals surface area (Å²) in [4.78, 5) is 14.7. The van der Waals surface area contributed by atoms with Crippen molar-refractivity contribution in [3.05, 3.63) is 113 Å². The summed E-state index contributed by atoms with van der Waals surface area (Å²) < 4.78 is 105. The van der Waals surface area contributed by atoms with E-state index in [9.17, 15) is 9.35 Å². The molecule has 1 aromatic heterocycles. The van der Waals surface area contributed by atoms with Crippen molar-refractivity contribution in [2.75, 3.05) is 34.4 Å². The molecule has 0 radical (unpaired) electrons. The van der Waals surface area contributed by atoms with E-state index in [0.717, 1.165) is 5.56 Å². The third-order valence-corrected chi connectivity index (χ3v) is 17.1. The number of nitrogens with one attached hydrogen (secondary N) is 2. The summed E-state index contributed by atoms with van der Waals surface area (Å²) in [6, 6.07) is 22.9. The molecule has 2 aliphatic rings.